The number of benzene rings is 2. The normalized spacial score (nSPS) is 10.7. The average Bonchev–Trinajstić information content (AvgIpc) is 3.12. The van der Waals surface area contributed by atoms with Crippen molar-refractivity contribution in [2.24, 2.45) is 0 Å². The van der Waals surface area contributed by atoms with Crippen LogP contribution in [0.1, 0.15) is 40.3 Å². The van der Waals surface area contributed by atoms with Crippen molar-refractivity contribution < 1.29 is 14.5 Å². The molecule has 160 valence electrons. The lowest BCUT2D eigenvalue weighted by atomic mass is 10.1. The SMILES string of the molecule is Cc1csc(Sc2ccc(C(=O)Nc3ccccc3C(=O)NC(C)C)cc2[N+](=O)[O-])n1. The van der Waals surface area contributed by atoms with Gasteiger partial charge in [0.25, 0.3) is 17.5 Å². The van der Waals surface area contributed by atoms with Crippen LogP contribution in [-0.2, 0) is 0 Å². The molecule has 0 aliphatic carbocycles. The first kappa shape index (κ1) is 22.4. The number of aryl methyl sites for hydroxylation is 1. The van der Waals surface area contributed by atoms with E-state index in [1.165, 1.54) is 41.3 Å². The second-order valence-corrected chi connectivity index (χ2v) is 9.07. The molecule has 8 nitrogen and oxygen atoms in total. The van der Waals surface area contributed by atoms with E-state index in [2.05, 4.69) is 15.6 Å². The molecule has 10 heteroatoms. The Kier molecular flexibility index (Phi) is 7.03. The summed E-state index contributed by atoms with van der Waals surface area (Å²) < 4.78 is 0.683. The van der Waals surface area contributed by atoms with Gasteiger partial charge in [-0.2, -0.15) is 0 Å². The molecule has 0 radical (unpaired) electrons. The Balaban J connectivity index is 1.85. The van der Waals surface area contributed by atoms with Crippen LogP contribution in [0.4, 0.5) is 11.4 Å². The number of nitro groups is 1. The maximum absolute atomic E-state index is 12.8. The molecule has 0 fully saturated rings. The van der Waals surface area contributed by atoms with E-state index >= 15 is 0 Å². The third kappa shape index (κ3) is 5.68. The van der Waals surface area contributed by atoms with Crippen molar-refractivity contribution >= 4 is 46.3 Å². The molecule has 0 atom stereocenters. The molecule has 0 unspecified atom stereocenters. The highest BCUT2D eigenvalue weighted by Crippen LogP contribution is 2.37. The first-order chi connectivity index (χ1) is 14.7. The van der Waals surface area contributed by atoms with E-state index in [0.29, 0.717) is 20.5 Å². The van der Waals surface area contributed by atoms with E-state index in [4.69, 9.17) is 0 Å². The maximum atomic E-state index is 12.8. The number of amides is 2. The summed E-state index contributed by atoms with van der Waals surface area (Å²) in [5.41, 5.74) is 1.41. The van der Waals surface area contributed by atoms with Gasteiger partial charge in [0, 0.05) is 28.7 Å². The number of anilines is 1. The molecular weight excluding hydrogens is 436 g/mol. The van der Waals surface area contributed by atoms with E-state index < -0.39 is 10.8 Å². The highest BCUT2D eigenvalue weighted by Gasteiger charge is 2.21. The molecular formula is C21H20N4O4S2. The molecule has 1 aromatic heterocycles. The summed E-state index contributed by atoms with van der Waals surface area (Å²) in [6, 6.07) is 10.8. The molecule has 2 amide bonds. The Labute approximate surface area is 187 Å². The number of carbonyl (C=O) groups is 2. The molecule has 0 saturated heterocycles. The zero-order valence-corrected chi connectivity index (χ0v) is 18.7. The fourth-order valence-corrected chi connectivity index (χ4v) is 4.56. The van der Waals surface area contributed by atoms with Crippen LogP contribution in [0.25, 0.3) is 0 Å². The van der Waals surface area contributed by atoms with Crippen LogP contribution in [-0.4, -0.2) is 27.8 Å². The van der Waals surface area contributed by atoms with Crippen LogP contribution in [0, 0.1) is 17.0 Å². The number of para-hydroxylation sites is 1. The summed E-state index contributed by atoms with van der Waals surface area (Å²) in [7, 11) is 0. The molecule has 3 rings (SSSR count). The summed E-state index contributed by atoms with van der Waals surface area (Å²) in [4.78, 5) is 40.9. The number of thiazole rings is 1. The van der Waals surface area contributed by atoms with Gasteiger partial charge in [-0.1, -0.05) is 23.9 Å². The van der Waals surface area contributed by atoms with Crippen LogP contribution in [0.2, 0.25) is 0 Å². The zero-order chi connectivity index (χ0) is 22.5. The molecule has 0 saturated carbocycles. The van der Waals surface area contributed by atoms with E-state index in [0.717, 1.165) is 5.69 Å². The number of hydrogen-bond donors (Lipinski definition) is 2. The number of nitro benzene ring substituents is 1. The highest BCUT2D eigenvalue weighted by atomic mass is 32.2. The first-order valence-corrected chi connectivity index (χ1v) is 11.0. The summed E-state index contributed by atoms with van der Waals surface area (Å²) in [5, 5.41) is 18.9. The minimum atomic E-state index is -0.547. The molecule has 31 heavy (non-hydrogen) atoms. The van der Waals surface area contributed by atoms with Crippen molar-refractivity contribution in [1.29, 1.82) is 0 Å². The summed E-state index contributed by atoms with van der Waals surface area (Å²) >= 11 is 2.58. The molecule has 1 heterocycles. The zero-order valence-electron chi connectivity index (χ0n) is 17.0. The van der Waals surface area contributed by atoms with Crippen molar-refractivity contribution in [2.75, 3.05) is 5.32 Å². The lowest BCUT2D eigenvalue weighted by Crippen LogP contribution is -2.31. The second-order valence-electron chi connectivity index (χ2n) is 6.92. The van der Waals surface area contributed by atoms with Crippen molar-refractivity contribution in [3.8, 4) is 0 Å². The fourth-order valence-electron chi connectivity index (χ4n) is 2.69. The van der Waals surface area contributed by atoms with Crippen molar-refractivity contribution in [2.45, 2.75) is 36.0 Å². The quantitative estimate of drug-likeness (QED) is 0.386. The Hall–Kier alpha value is -3.24. The Morgan fingerprint density at radius 2 is 1.90 bits per heavy atom. The number of rotatable bonds is 7. The Morgan fingerprint density at radius 1 is 1.16 bits per heavy atom. The molecule has 0 spiro atoms. The standard InChI is InChI=1S/C21H20N4O4S2/c1-12(2)22-20(27)15-6-4-5-7-16(15)24-19(26)14-8-9-18(17(10-14)25(28)29)31-21-23-13(3)11-30-21/h4-12H,1-3H3,(H,22,27)(H,24,26). The Bertz CT molecular complexity index is 1140. The minimum Gasteiger partial charge on any atom is -0.350 e. The van der Waals surface area contributed by atoms with Gasteiger partial charge >= 0.3 is 0 Å². The summed E-state index contributed by atoms with van der Waals surface area (Å²) in [5.74, 6) is -0.864. The third-order valence-corrected chi connectivity index (χ3v) is 6.17. The molecule has 0 aliphatic rings. The average molecular weight is 457 g/mol. The first-order valence-electron chi connectivity index (χ1n) is 9.34. The summed E-state index contributed by atoms with van der Waals surface area (Å²) in [6.45, 7) is 5.53. The molecule has 2 aromatic carbocycles. The number of carbonyl (C=O) groups excluding carboxylic acids is 2. The van der Waals surface area contributed by atoms with E-state index in [1.54, 1.807) is 24.3 Å². The second kappa shape index (κ2) is 9.71. The minimum absolute atomic E-state index is 0.0643. The van der Waals surface area contributed by atoms with Crippen LogP contribution < -0.4 is 10.6 Å². The topological polar surface area (TPSA) is 114 Å². The number of hydrogen-bond acceptors (Lipinski definition) is 7. The van der Waals surface area contributed by atoms with Gasteiger partial charge < -0.3 is 10.6 Å². The van der Waals surface area contributed by atoms with Crippen LogP contribution >= 0.6 is 23.1 Å². The molecule has 3 aromatic rings. The number of nitrogens with one attached hydrogen (secondary N) is 2. The summed E-state index contributed by atoms with van der Waals surface area (Å²) in [6.07, 6.45) is 0. The van der Waals surface area contributed by atoms with Crippen molar-refractivity contribution in [1.82, 2.24) is 10.3 Å². The fraction of sp³-hybridized carbons (Fsp3) is 0.190. The predicted molar refractivity (Wildman–Crippen MR) is 121 cm³/mol. The smallest absolute Gasteiger partial charge is 0.284 e. The van der Waals surface area contributed by atoms with Gasteiger partial charge in [0.05, 0.1) is 21.1 Å². The monoisotopic (exact) mass is 456 g/mol. The molecule has 0 bridgehead atoms. The van der Waals surface area contributed by atoms with Gasteiger partial charge in [-0.25, -0.2) is 4.98 Å². The largest absolute Gasteiger partial charge is 0.350 e. The van der Waals surface area contributed by atoms with Crippen LogP contribution in [0.3, 0.4) is 0 Å². The molecule has 2 N–H and O–H groups in total. The molecule has 0 aliphatic heterocycles. The number of nitrogens with zero attached hydrogens (tertiary/aromatic N) is 2. The van der Waals surface area contributed by atoms with Crippen molar-refractivity contribution in [3.05, 3.63) is 74.8 Å². The van der Waals surface area contributed by atoms with Gasteiger partial charge in [0.2, 0.25) is 0 Å². The Morgan fingerprint density at radius 3 is 2.55 bits per heavy atom. The highest BCUT2D eigenvalue weighted by molar-refractivity contribution is 8.01. The van der Waals surface area contributed by atoms with Gasteiger partial charge in [-0.05, 0) is 45.0 Å². The third-order valence-electron chi connectivity index (χ3n) is 4.05. The van der Waals surface area contributed by atoms with Crippen molar-refractivity contribution in [3.63, 3.8) is 0 Å². The van der Waals surface area contributed by atoms with Gasteiger partial charge in [-0.15, -0.1) is 11.3 Å². The number of aromatic nitrogens is 1. The predicted octanol–water partition coefficient (Wildman–Crippen LogP) is 4.90. The van der Waals surface area contributed by atoms with E-state index in [-0.39, 0.29) is 23.2 Å². The maximum Gasteiger partial charge on any atom is 0.284 e. The van der Waals surface area contributed by atoms with Gasteiger partial charge in [0.1, 0.15) is 0 Å². The van der Waals surface area contributed by atoms with Crippen LogP contribution in [0.15, 0.2) is 57.1 Å². The van der Waals surface area contributed by atoms with E-state index in [1.807, 2.05) is 26.2 Å². The van der Waals surface area contributed by atoms with Gasteiger partial charge in [0.15, 0.2) is 4.34 Å². The lowest BCUT2D eigenvalue weighted by Gasteiger charge is -2.13. The van der Waals surface area contributed by atoms with E-state index in [9.17, 15) is 19.7 Å². The van der Waals surface area contributed by atoms with Gasteiger partial charge in [-0.3, -0.25) is 19.7 Å². The lowest BCUT2D eigenvalue weighted by molar-refractivity contribution is -0.387. The van der Waals surface area contributed by atoms with Crippen LogP contribution in [0.5, 0.6) is 0 Å².